The van der Waals surface area contributed by atoms with Crippen LogP contribution in [-0.4, -0.2) is 40.5 Å². The number of fused-ring (bicyclic) bond motifs is 6. The molecule has 0 spiro atoms. The van der Waals surface area contributed by atoms with Crippen LogP contribution in [0.25, 0.3) is 10.9 Å². The minimum absolute atomic E-state index is 0.0654. The van der Waals surface area contributed by atoms with Gasteiger partial charge in [-0.3, -0.25) is 4.79 Å². The molecule has 2 aromatic carbocycles. The van der Waals surface area contributed by atoms with Gasteiger partial charge in [0, 0.05) is 41.9 Å². The van der Waals surface area contributed by atoms with Gasteiger partial charge < -0.3 is 20.3 Å². The summed E-state index contributed by atoms with van der Waals surface area (Å²) in [7, 11) is -1.51. The highest BCUT2D eigenvalue weighted by atomic mass is 19.3. The Morgan fingerprint density at radius 1 is 1.20 bits per heavy atom. The quantitative estimate of drug-likeness (QED) is 0.313. The maximum Gasteiger partial charge on any atom is 0.488 e. The zero-order valence-electron chi connectivity index (χ0n) is 23.4. The fourth-order valence-corrected chi connectivity index (χ4v) is 8.59. The van der Waals surface area contributed by atoms with Crippen molar-refractivity contribution in [3.8, 4) is 0 Å². The van der Waals surface area contributed by atoms with Gasteiger partial charge in [0.2, 0.25) is 5.91 Å². The van der Waals surface area contributed by atoms with Crippen molar-refractivity contribution in [3.63, 3.8) is 0 Å². The summed E-state index contributed by atoms with van der Waals surface area (Å²) in [5, 5.41) is 23.4. The highest BCUT2D eigenvalue weighted by Crippen LogP contribution is 2.68. The van der Waals surface area contributed by atoms with Crippen LogP contribution in [0.15, 0.2) is 42.6 Å². The molecule has 0 saturated heterocycles. The molecule has 5 nitrogen and oxygen atoms in total. The Balaban J connectivity index is 1.12. The molecular weight excluding hydrogens is 509 g/mol. The monoisotopic (exact) mass is 548 g/mol. The summed E-state index contributed by atoms with van der Waals surface area (Å²) in [6, 6.07) is 11.8. The van der Waals surface area contributed by atoms with Crippen LogP contribution in [0.2, 0.25) is 0 Å². The minimum atomic E-state index is -2.73. The lowest BCUT2D eigenvalue weighted by Crippen LogP contribution is -2.48. The number of rotatable bonds is 7. The van der Waals surface area contributed by atoms with E-state index in [1.165, 1.54) is 16.5 Å². The number of aromatic nitrogens is 1. The number of H-pyrrole nitrogens is 1. The number of para-hydroxylation sites is 1. The van der Waals surface area contributed by atoms with E-state index in [0.717, 1.165) is 42.3 Å². The van der Waals surface area contributed by atoms with Gasteiger partial charge in [0.25, 0.3) is 5.92 Å². The number of alkyl halides is 2. The van der Waals surface area contributed by atoms with Crippen LogP contribution < -0.4 is 10.8 Å². The maximum atomic E-state index is 15.6. The first kappa shape index (κ1) is 27.5. The molecule has 2 saturated carbocycles. The van der Waals surface area contributed by atoms with Crippen molar-refractivity contribution >= 4 is 29.4 Å². The van der Waals surface area contributed by atoms with Crippen molar-refractivity contribution in [3.05, 3.63) is 64.8 Å². The van der Waals surface area contributed by atoms with Crippen molar-refractivity contribution in [2.24, 2.45) is 23.2 Å². The average Bonchev–Trinajstić information content (AvgIpc) is 3.43. The molecule has 0 radical (unpaired) electrons. The Morgan fingerprint density at radius 3 is 2.83 bits per heavy atom. The Morgan fingerprint density at radius 2 is 2.02 bits per heavy atom. The molecule has 1 aromatic heterocycles. The van der Waals surface area contributed by atoms with Gasteiger partial charge in [0.1, 0.15) is 0 Å². The largest absolute Gasteiger partial charge is 0.488 e. The van der Waals surface area contributed by atoms with E-state index >= 15 is 8.78 Å². The summed E-state index contributed by atoms with van der Waals surface area (Å²) in [6.07, 6.45) is 6.12. The standard InChI is InChI=1S/C32H39BF2N2O3/c1-19-4-3-5-25-22(18-37-30(19)25)13-15-36-28(38)11-7-21-17-32(34,35)31(2)14-12-26-24-10-8-23(33(39)40)16-20(24)6-9-27(26)29(21)31/h3-5,8,10,16,18,21,26-27,29,37,39-40H,6-7,9,11-15,17H2,1-2H3,(H,36,38)/t21-,26?,27?,29?,31+/m1/s1. The molecule has 3 aliphatic carbocycles. The number of amides is 1. The van der Waals surface area contributed by atoms with E-state index in [0.29, 0.717) is 24.8 Å². The molecule has 1 amide bonds. The molecule has 0 bridgehead atoms. The van der Waals surface area contributed by atoms with Crippen LogP contribution in [0.3, 0.4) is 0 Å². The Hall–Kier alpha value is -2.71. The van der Waals surface area contributed by atoms with Gasteiger partial charge in [-0.15, -0.1) is 0 Å². The summed E-state index contributed by atoms with van der Waals surface area (Å²) in [6.45, 7) is 4.38. The summed E-state index contributed by atoms with van der Waals surface area (Å²) in [5.41, 5.74) is 5.21. The second-order valence-corrected chi connectivity index (χ2v) is 12.7. The second kappa shape index (κ2) is 10.3. The van der Waals surface area contributed by atoms with E-state index in [1.807, 2.05) is 24.4 Å². The van der Waals surface area contributed by atoms with Crippen LogP contribution in [0.1, 0.15) is 73.6 Å². The molecule has 0 aliphatic heterocycles. The fourth-order valence-electron chi connectivity index (χ4n) is 8.59. The van der Waals surface area contributed by atoms with Crippen LogP contribution in [0, 0.1) is 30.1 Å². The van der Waals surface area contributed by atoms with Gasteiger partial charge in [0.05, 0.1) is 0 Å². The van der Waals surface area contributed by atoms with Crippen molar-refractivity contribution < 1.29 is 23.6 Å². The SMILES string of the molecule is Cc1cccc2c(CCNC(=O)CC[C@@H]3CC(F)(F)[C@@]4(C)CCC5c6ccc(B(O)O)cc6CCC5C34)c[nH]c12. The van der Waals surface area contributed by atoms with Crippen molar-refractivity contribution in [1.82, 2.24) is 10.3 Å². The van der Waals surface area contributed by atoms with Gasteiger partial charge >= 0.3 is 7.12 Å². The van der Waals surface area contributed by atoms with Crippen LogP contribution in [-0.2, 0) is 17.6 Å². The zero-order valence-corrected chi connectivity index (χ0v) is 23.4. The minimum Gasteiger partial charge on any atom is -0.423 e. The summed E-state index contributed by atoms with van der Waals surface area (Å²) in [5.74, 6) is -2.75. The number of hydrogen-bond donors (Lipinski definition) is 4. The highest BCUT2D eigenvalue weighted by Gasteiger charge is 2.67. The van der Waals surface area contributed by atoms with Gasteiger partial charge in [-0.2, -0.15) is 0 Å². The molecule has 8 heteroatoms. The van der Waals surface area contributed by atoms with E-state index < -0.39 is 18.5 Å². The normalized spacial score (nSPS) is 28.6. The number of nitrogens with one attached hydrogen (secondary N) is 2. The van der Waals surface area contributed by atoms with Crippen molar-refractivity contribution in [2.45, 2.75) is 77.1 Å². The molecular formula is C32H39BF2N2O3. The Bertz CT molecular complexity index is 1420. The number of aromatic amines is 1. The molecule has 40 heavy (non-hydrogen) atoms. The first-order valence-corrected chi connectivity index (χ1v) is 14.8. The lowest BCUT2D eigenvalue weighted by atomic mass is 9.53. The number of aryl methyl sites for hydroxylation is 2. The van der Waals surface area contributed by atoms with Crippen LogP contribution in [0.4, 0.5) is 8.78 Å². The smallest absolute Gasteiger partial charge is 0.423 e. The third-order valence-electron chi connectivity index (χ3n) is 10.6. The lowest BCUT2D eigenvalue weighted by molar-refractivity contribution is -0.133. The van der Waals surface area contributed by atoms with Gasteiger partial charge in [-0.25, -0.2) is 8.78 Å². The molecule has 3 aromatic rings. The molecule has 1 heterocycles. The van der Waals surface area contributed by atoms with Gasteiger partial charge in [0.15, 0.2) is 0 Å². The predicted molar refractivity (Wildman–Crippen MR) is 154 cm³/mol. The fraction of sp³-hybridized carbons (Fsp3) is 0.531. The van der Waals surface area contributed by atoms with E-state index in [4.69, 9.17) is 0 Å². The third-order valence-corrected chi connectivity index (χ3v) is 10.6. The number of halogens is 2. The van der Waals surface area contributed by atoms with Gasteiger partial charge in [-0.05, 0) is 96.8 Å². The average molecular weight is 548 g/mol. The van der Waals surface area contributed by atoms with Crippen LogP contribution in [0.5, 0.6) is 0 Å². The summed E-state index contributed by atoms with van der Waals surface area (Å²) in [4.78, 5) is 16.2. The first-order chi connectivity index (χ1) is 19.1. The van der Waals surface area contributed by atoms with E-state index in [9.17, 15) is 14.8 Å². The first-order valence-electron chi connectivity index (χ1n) is 14.8. The van der Waals surface area contributed by atoms with E-state index in [-0.39, 0.29) is 42.4 Å². The van der Waals surface area contributed by atoms with E-state index in [1.54, 1.807) is 13.0 Å². The second-order valence-electron chi connectivity index (χ2n) is 12.7. The molecule has 3 unspecified atom stereocenters. The van der Waals surface area contributed by atoms with Gasteiger partial charge in [-0.1, -0.05) is 43.3 Å². The van der Waals surface area contributed by atoms with Crippen molar-refractivity contribution in [2.75, 3.05) is 6.54 Å². The lowest BCUT2D eigenvalue weighted by Gasteiger charge is -2.51. The number of carbonyl (C=O) groups excluding carboxylic acids is 1. The Kier molecular flexibility index (Phi) is 7.06. The number of benzene rings is 2. The van der Waals surface area contributed by atoms with E-state index in [2.05, 4.69) is 29.4 Å². The maximum absolute atomic E-state index is 15.6. The predicted octanol–water partition coefficient (Wildman–Crippen LogP) is 5.01. The summed E-state index contributed by atoms with van der Waals surface area (Å²) < 4.78 is 31.2. The summed E-state index contributed by atoms with van der Waals surface area (Å²) >= 11 is 0. The number of carbonyl (C=O) groups is 1. The van der Waals surface area contributed by atoms with Crippen molar-refractivity contribution in [1.29, 1.82) is 0 Å². The third kappa shape index (κ3) is 4.57. The van der Waals surface area contributed by atoms with Crippen LogP contribution >= 0.6 is 0 Å². The number of hydrogen-bond acceptors (Lipinski definition) is 3. The topological polar surface area (TPSA) is 85.3 Å². The molecule has 2 fully saturated rings. The Labute approximate surface area is 234 Å². The highest BCUT2D eigenvalue weighted by molar-refractivity contribution is 6.58. The molecule has 6 rings (SSSR count). The molecule has 212 valence electrons. The zero-order chi connectivity index (χ0) is 28.2. The molecule has 4 N–H and O–H groups in total. The molecule has 5 atom stereocenters. The molecule has 3 aliphatic rings.